The molecule has 4 rings (SSSR count). The van der Waals surface area contributed by atoms with Gasteiger partial charge in [-0.25, -0.2) is 10.2 Å². The average Bonchev–Trinajstić information content (AvgIpc) is 2.80. The van der Waals surface area contributed by atoms with Crippen LogP contribution >= 0.6 is 11.6 Å². The van der Waals surface area contributed by atoms with E-state index in [2.05, 4.69) is 15.5 Å². The second kappa shape index (κ2) is 9.63. The van der Waals surface area contributed by atoms with Crippen LogP contribution in [0.5, 0.6) is 5.75 Å². The van der Waals surface area contributed by atoms with E-state index in [9.17, 15) is 9.59 Å². The van der Waals surface area contributed by atoms with Gasteiger partial charge in [-0.05, 0) is 74.0 Å². The Hall–Kier alpha value is -4.03. The lowest BCUT2D eigenvalue weighted by atomic mass is 10.1. The highest BCUT2D eigenvalue weighted by molar-refractivity contribution is 6.33. The second-order valence-corrected chi connectivity index (χ2v) is 7.88. The Morgan fingerprint density at radius 2 is 1.73 bits per heavy atom. The number of amides is 1. The molecule has 0 spiro atoms. The molecule has 1 amide bonds. The van der Waals surface area contributed by atoms with Crippen molar-refractivity contribution in [3.05, 3.63) is 106 Å². The quantitative estimate of drug-likeness (QED) is 0.186. The number of esters is 1. The van der Waals surface area contributed by atoms with E-state index in [1.807, 2.05) is 32.0 Å². The number of hydrogen-bond acceptors (Lipinski definition) is 5. The molecule has 0 unspecified atom stereocenters. The molecule has 1 aromatic heterocycles. The standard InChI is InChI=1S/C26H20ClN3O3/c1-16-7-12-24-21(13-16)22(14-17(2)29-24)25(31)30-28-15-18-8-10-19(11-9-18)33-26(32)20-5-3-4-6-23(20)27/h3-15H,1-2H3,(H,30,31). The maximum atomic E-state index is 12.7. The van der Waals surface area contributed by atoms with Gasteiger partial charge >= 0.3 is 5.97 Å². The van der Waals surface area contributed by atoms with Crippen molar-refractivity contribution in [1.82, 2.24) is 10.4 Å². The minimum Gasteiger partial charge on any atom is -0.423 e. The molecule has 0 aliphatic heterocycles. The number of ether oxygens (including phenoxy) is 1. The number of hydrogen-bond donors (Lipinski definition) is 1. The summed E-state index contributed by atoms with van der Waals surface area (Å²) < 4.78 is 5.35. The zero-order valence-electron chi connectivity index (χ0n) is 18.0. The lowest BCUT2D eigenvalue weighted by Crippen LogP contribution is -2.18. The van der Waals surface area contributed by atoms with Crippen molar-refractivity contribution in [2.75, 3.05) is 0 Å². The molecule has 0 radical (unpaired) electrons. The van der Waals surface area contributed by atoms with Crippen LogP contribution in [0.15, 0.2) is 77.9 Å². The summed E-state index contributed by atoms with van der Waals surface area (Å²) in [4.78, 5) is 29.5. The summed E-state index contributed by atoms with van der Waals surface area (Å²) in [5.74, 6) is -0.489. The summed E-state index contributed by atoms with van der Waals surface area (Å²) in [6.07, 6.45) is 1.51. The van der Waals surface area contributed by atoms with Crippen molar-refractivity contribution >= 4 is 40.6 Å². The predicted octanol–water partition coefficient (Wildman–Crippen LogP) is 5.49. The summed E-state index contributed by atoms with van der Waals surface area (Å²) in [6, 6.07) is 21.0. The average molecular weight is 458 g/mol. The third-order valence-electron chi connectivity index (χ3n) is 4.90. The van der Waals surface area contributed by atoms with E-state index < -0.39 is 5.97 Å². The van der Waals surface area contributed by atoms with Gasteiger partial charge < -0.3 is 4.74 Å². The van der Waals surface area contributed by atoms with E-state index in [-0.39, 0.29) is 5.91 Å². The van der Waals surface area contributed by atoms with Gasteiger partial charge in [0.25, 0.3) is 5.91 Å². The SMILES string of the molecule is Cc1ccc2nc(C)cc(C(=O)NN=Cc3ccc(OC(=O)c4ccccc4Cl)cc3)c2c1. The molecular formula is C26H20ClN3O3. The van der Waals surface area contributed by atoms with Crippen LogP contribution in [0.3, 0.4) is 0 Å². The number of fused-ring (bicyclic) bond motifs is 1. The molecule has 7 heteroatoms. The molecule has 0 aliphatic rings. The molecule has 0 atom stereocenters. The normalized spacial score (nSPS) is 11.0. The largest absolute Gasteiger partial charge is 0.423 e. The molecular weight excluding hydrogens is 438 g/mol. The van der Waals surface area contributed by atoms with E-state index in [4.69, 9.17) is 16.3 Å². The minimum absolute atomic E-state index is 0.293. The first-order chi connectivity index (χ1) is 15.9. The zero-order valence-corrected chi connectivity index (χ0v) is 18.8. The smallest absolute Gasteiger partial charge is 0.345 e. The molecule has 0 saturated heterocycles. The van der Waals surface area contributed by atoms with Crippen LogP contribution in [0.4, 0.5) is 0 Å². The molecule has 1 heterocycles. The van der Waals surface area contributed by atoms with Crippen molar-refractivity contribution in [2.24, 2.45) is 5.10 Å². The molecule has 4 aromatic rings. The van der Waals surface area contributed by atoms with E-state index >= 15 is 0 Å². The fourth-order valence-corrected chi connectivity index (χ4v) is 3.51. The zero-order chi connectivity index (χ0) is 23.4. The van der Waals surface area contributed by atoms with Gasteiger partial charge in [0.05, 0.1) is 27.9 Å². The number of rotatable bonds is 5. The molecule has 164 valence electrons. The number of halogens is 1. The van der Waals surface area contributed by atoms with E-state index in [1.165, 1.54) is 6.21 Å². The number of carbonyl (C=O) groups is 2. The van der Waals surface area contributed by atoms with Crippen LogP contribution in [-0.2, 0) is 0 Å². The monoisotopic (exact) mass is 457 g/mol. The molecule has 1 N–H and O–H groups in total. The van der Waals surface area contributed by atoms with Gasteiger partial charge in [0.15, 0.2) is 0 Å². The number of aryl methyl sites for hydroxylation is 2. The van der Waals surface area contributed by atoms with Crippen LogP contribution in [0.1, 0.15) is 37.5 Å². The van der Waals surface area contributed by atoms with Crippen molar-refractivity contribution in [3.8, 4) is 5.75 Å². The van der Waals surface area contributed by atoms with Crippen molar-refractivity contribution in [2.45, 2.75) is 13.8 Å². The fourth-order valence-electron chi connectivity index (χ4n) is 3.30. The van der Waals surface area contributed by atoms with E-state index in [0.29, 0.717) is 21.9 Å². The molecule has 0 fully saturated rings. The van der Waals surface area contributed by atoms with Crippen LogP contribution in [0, 0.1) is 13.8 Å². The number of nitrogens with one attached hydrogen (secondary N) is 1. The number of benzene rings is 3. The lowest BCUT2D eigenvalue weighted by Gasteiger charge is -2.07. The Bertz CT molecular complexity index is 1380. The number of pyridine rings is 1. The highest BCUT2D eigenvalue weighted by Crippen LogP contribution is 2.21. The highest BCUT2D eigenvalue weighted by atomic mass is 35.5. The van der Waals surface area contributed by atoms with Crippen molar-refractivity contribution < 1.29 is 14.3 Å². The molecule has 0 saturated carbocycles. The first-order valence-electron chi connectivity index (χ1n) is 10.2. The minimum atomic E-state index is -0.538. The fraction of sp³-hybridized carbons (Fsp3) is 0.0769. The third-order valence-corrected chi connectivity index (χ3v) is 5.23. The molecule has 0 aliphatic carbocycles. The van der Waals surface area contributed by atoms with Crippen LogP contribution in [0.2, 0.25) is 5.02 Å². The maximum Gasteiger partial charge on any atom is 0.345 e. The molecule has 3 aromatic carbocycles. The van der Waals surface area contributed by atoms with Crippen LogP contribution in [-0.4, -0.2) is 23.1 Å². The lowest BCUT2D eigenvalue weighted by molar-refractivity contribution is 0.0734. The molecule has 33 heavy (non-hydrogen) atoms. The van der Waals surface area contributed by atoms with Crippen molar-refractivity contribution in [3.63, 3.8) is 0 Å². The summed E-state index contributed by atoms with van der Waals surface area (Å²) >= 11 is 6.03. The van der Waals surface area contributed by atoms with Gasteiger partial charge in [0.1, 0.15) is 5.75 Å². The van der Waals surface area contributed by atoms with E-state index in [0.717, 1.165) is 27.7 Å². The predicted molar refractivity (Wildman–Crippen MR) is 129 cm³/mol. The number of nitrogens with zero attached hydrogens (tertiary/aromatic N) is 2. The highest BCUT2D eigenvalue weighted by Gasteiger charge is 2.13. The first-order valence-corrected chi connectivity index (χ1v) is 10.6. The summed E-state index contributed by atoms with van der Waals surface area (Å²) in [6.45, 7) is 3.81. The number of hydrazone groups is 1. The van der Waals surface area contributed by atoms with Crippen molar-refractivity contribution in [1.29, 1.82) is 0 Å². The number of carbonyl (C=O) groups excluding carboxylic acids is 2. The topological polar surface area (TPSA) is 80.7 Å². The van der Waals surface area contributed by atoms with Gasteiger partial charge in [-0.15, -0.1) is 0 Å². The summed E-state index contributed by atoms with van der Waals surface area (Å²) in [5, 5.41) is 5.16. The maximum absolute atomic E-state index is 12.7. The second-order valence-electron chi connectivity index (χ2n) is 7.47. The van der Waals surface area contributed by atoms with Gasteiger partial charge in [-0.3, -0.25) is 9.78 Å². The summed E-state index contributed by atoms with van der Waals surface area (Å²) in [7, 11) is 0. The molecule has 0 bridgehead atoms. The van der Waals surface area contributed by atoms with Gasteiger partial charge in [0, 0.05) is 11.1 Å². The Kier molecular flexibility index (Phi) is 6.47. The Morgan fingerprint density at radius 1 is 0.970 bits per heavy atom. The third kappa shape index (κ3) is 5.25. The van der Waals surface area contributed by atoms with Gasteiger partial charge in [0.2, 0.25) is 0 Å². The van der Waals surface area contributed by atoms with Crippen LogP contribution in [0.25, 0.3) is 10.9 Å². The van der Waals surface area contributed by atoms with Gasteiger partial charge in [-0.2, -0.15) is 5.10 Å². The Labute approximate surface area is 195 Å². The summed E-state index contributed by atoms with van der Waals surface area (Å²) in [5.41, 5.74) is 6.65. The number of aromatic nitrogens is 1. The van der Waals surface area contributed by atoms with Gasteiger partial charge in [-0.1, -0.05) is 35.4 Å². The Morgan fingerprint density at radius 3 is 2.48 bits per heavy atom. The molecule has 6 nitrogen and oxygen atoms in total. The van der Waals surface area contributed by atoms with E-state index in [1.54, 1.807) is 54.6 Å². The Balaban J connectivity index is 1.42. The first kappa shape index (κ1) is 22.2. The van der Waals surface area contributed by atoms with Crippen LogP contribution < -0.4 is 10.2 Å².